The second-order valence-corrected chi connectivity index (χ2v) is 8.99. The summed E-state index contributed by atoms with van der Waals surface area (Å²) in [6, 6.07) is 5.59. The van der Waals surface area contributed by atoms with Crippen LogP contribution in [0.2, 0.25) is 0 Å². The van der Waals surface area contributed by atoms with Gasteiger partial charge in [-0.1, -0.05) is 50.8 Å². The fourth-order valence-corrected chi connectivity index (χ4v) is 3.85. The van der Waals surface area contributed by atoms with Gasteiger partial charge in [-0.05, 0) is 30.0 Å². The lowest BCUT2D eigenvalue weighted by atomic mass is 9.86. The molecule has 1 aromatic heterocycles. The molecule has 1 N–H and O–H groups in total. The molecule has 0 saturated heterocycles. The van der Waals surface area contributed by atoms with Crippen LogP contribution in [0, 0.1) is 0 Å². The van der Waals surface area contributed by atoms with Crippen LogP contribution in [0.5, 0.6) is 11.5 Å². The summed E-state index contributed by atoms with van der Waals surface area (Å²) in [4.78, 5) is 12.2. The first-order valence-electron chi connectivity index (χ1n) is 8.41. The van der Waals surface area contributed by atoms with Crippen molar-refractivity contribution in [1.29, 1.82) is 0 Å². The maximum absolute atomic E-state index is 12.2. The van der Waals surface area contributed by atoms with Crippen LogP contribution in [0.15, 0.2) is 22.5 Å². The zero-order chi connectivity index (χ0) is 19.2. The van der Waals surface area contributed by atoms with Gasteiger partial charge < -0.3 is 9.47 Å². The normalized spacial score (nSPS) is 11.3. The van der Waals surface area contributed by atoms with Crippen molar-refractivity contribution in [2.24, 2.45) is 0 Å². The molecule has 2 rings (SSSR count). The van der Waals surface area contributed by atoms with Gasteiger partial charge in [0.15, 0.2) is 10.9 Å². The molecule has 0 aliphatic carbocycles. The van der Waals surface area contributed by atoms with Gasteiger partial charge in [0.05, 0.1) is 7.11 Å². The summed E-state index contributed by atoms with van der Waals surface area (Å²) < 4.78 is 11.9. The van der Waals surface area contributed by atoms with Gasteiger partial charge in [0.25, 0.3) is 5.91 Å². The van der Waals surface area contributed by atoms with Gasteiger partial charge in [0, 0.05) is 11.3 Å². The predicted octanol–water partition coefficient (Wildman–Crippen LogP) is 4.36. The van der Waals surface area contributed by atoms with Gasteiger partial charge >= 0.3 is 0 Å². The minimum absolute atomic E-state index is 0.0908. The fraction of sp³-hybridized carbons (Fsp3) is 0.500. The van der Waals surface area contributed by atoms with E-state index in [2.05, 4.69) is 43.2 Å². The Morgan fingerprint density at radius 1 is 1.31 bits per heavy atom. The van der Waals surface area contributed by atoms with Crippen LogP contribution in [0.4, 0.5) is 5.13 Å². The van der Waals surface area contributed by atoms with Gasteiger partial charge in [-0.3, -0.25) is 10.1 Å². The van der Waals surface area contributed by atoms with Crippen LogP contribution in [0.3, 0.4) is 0 Å². The summed E-state index contributed by atoms with van der Waals surface area (Å²) in [5.41, 5.74) is 0.851. The van der Waals surface area contributed by atoms with Crippen molar-refractivity contribution in [3.8, 4) is 11.5 Å². The second-order valence-electron chi connectivity index (χ2n) is 6.67. The lowest BCUT2D eigenvalue weighted by Crippen LogP contribution is -2.22. The van der Waals surface area contributed by atoms with Crippen molar-refractivity contribution >= 4 is 34.1 Å². The third-order valence-electron chi connectivity index (χ3n) is 3.44. The molecule has 0 spiro atoms. The molecule has 0 aliphatic rings. The molecule has 1 amide bonds. The highest BCUT2D eigenvalue weighted by atomic mass is 32.2. The van der Waals surface area contributed by atoms with E-state index >= 15 is 0 Å². The molecule has 142 valence electrons. The van der Waals surface area contributed by atoms with Gasteiger partial charge in [-0.25, -0.2) is 0 Å². The van der Waals surface area contributed by atoms with E-state index < -0.39 is 0 Å². The number of aromatic nitrogens is 2. The highest BCUT2D eigenvalue weighted by Gasteiger charge is 2.20. The number of hydrogen-bond donors (Lipinski definition) is 1. The molecule has 0 atom stereocenters. The van der Waals surface area contributed by atoms with Crippen LogP contribution in [0.1, 0.15) is 39.7 Å². The fourth-order valence-electron chi connectivity index (χ4n) is 2.15. The number of thioether (sulfide) groups is 1. The summed E-state index contributed by atoms with van der Waals surface area (Å²) in [5.74, 6) is 2.16. The molecule has 1 heterocycles. The second kappa shape index (κ2) is 9.23. The number of nitrogens with one attached hydrogen (secondary N) is 1. The summed E-state index contributed by atoms with van der Waals surface area (Å²) >= 11 is 3.01. The van der Waals surface area contributed by atoms with Crippen molar-refractivity contribution in [3.05, 3.63) is 23.8 Å². The van der Waals surface area contributed by atoms with Crippen LogP contribution in [0.25, 0.3) is 0 Å². The number of benzene rings is 1. The Balaban J connectivity index is 1.97. The number of rotatable bonds is 8. The maximum Gasteiger partial charge on any atom is 0.264 e. The van der Waals surface area contributed by atoms with Gasteiger partial charge in [0.1, 0.15) is 11.5 Å². The number of amides is 1. The SMILES string of the molecule is CCCSc1nnc(NC(=O)COc2ccc(OC)cc2C(C)(C)C)s1. The molecular formula is C18H25N3O3S2. The lowest BCUT2D eigenvalue weighted by Gasteiger charge is -2.23. The van der Waals surface area contributed by atoms with E-state index in [0.717, 1.165) is 27.8 Å². The highest BCUT2D eigenvalue weighted by molar-refractivity contribution is 8.01. The van der Waals surface area contributed by atoms with Crippen LogP contribution >= 0.6 is 23.1 Å². The Morgan fingerprint density at radius 3 is 2.73 bits per heavy atom. The Hall–Kier alpha value is -1.80. The topological polar surface area (TPSA) is 73.3 Å². The van der Waals surface area contributed by atoms with Crippen molar-refractivity contribution in [2.45, 2.75) is 43.9 Å². The summed E-state index contributed by atoms with van der Waals surface area (Å²) in [6.07, 6.45) is 1.07. The highest BCUT2D eigenvalue weighted by Crippen LogP contribution is 2.34. The first-order valence-corrected chi connectivity index (χ1v) is 10.2. The zero-order valence-electron chi connectivity index (χ0n) is 15.8. The first kappa shape index (κ1) is 20.5. The first-order chi connectivity index (χ1) is 12.3. The van der Waals surface area contributed by atoms with E-state index in [1.807, 2.05) is 18.2 Å². The lowest BCUT2D eigenvalue weighted by molar-refractivity contribution is -0.118. The maximum atomic E-state index is 12.2. The number of nitrogens with zero attached hydrogens (tertiary/aromatic N) is 2. The molecule has 0 aliphatic heterocycles. The van der Waals surface area contributed by atoms with Crippen molar-refractivity contribution < 1.29 is 14.3 Å². The molecule has 0 unspecified atom stereocenters. The average Bonchev–Trinajstić information content (AvgIpc) is 3.04. The predicted molar refractivity (Wildman–Crippen MR) is 107 cm³/mol. The smallest absolute Gasteiger partial charge is 0.264 e. The molecular weight excluding hydrogens is 370 g/mol. The van der Waals surface area contributed by atoms with Gasteiger partial charge in [-0.15, -0.1) is 10.2 Å². The molecule has 0 saturated carbocycles. The molecule has 1 aromatic carbocycles. The van der Waals surface area contributed by atoms with Gasteiger partial charge in [-0.2, -0.15) is 0 Å². The Kier molecular flexibility index (Phi) is 7.28. The number of ether oxygens (including phenoxy) is 2. The average molecular weight is 396 g/mol. The number of carbonyl (C=O) groups is 1. The molecule has 26 heavy (non-hydrogen) atoms. The van der Waals surface area contributed by atoms with E-state index in [4.69, 9.17) is 9.47 Å². The minimum Gasteiger partial charge on any atom is -0.497 e. The van der Waals surface area contributed by atoms with E-state index in [1.54, 1.807) is 18.9 Å². The summed E-state index contributed by atoms with van der Waals surface area (Å²) in [6.45, 7) is 8.29. The van der Waals surface area contributed by atoms with Gasteiger partial charge in [0.2, 0.25) is 5.13 Å². The molecule has 0 bridgehead atoms. The molecule has 2 aromatic rings. The Labute approximate surface area is 162 Å². The van der Waals surface area contributed by atoms with Crippen LogP contribution in [-0.2, 0) is 10.2 Å². The van der Waals surface area contributed by atoms with Crippen molar-refractivity contribution in [1.82, 2.24) is 10.2 Å². The van der Waals surface area contributed by atoms with E-state index in [1.165, 1.54) is 11.3 Å². The summed E-state index contributed by atoms with van der Waals surface area (Å²) in [7, 11) is 1.63. The quantitative estimate of drug-likeness (QED) is 0.529. The third kappa shape index (κ3) is 5.88. The number of methoxy groups -OCH3 is 1. The van der Waals surface area contributed by atoms with Crippen molar-refractivity contribution in [2.75, 3.05) is 24.8 Å². The molecule has 0 radical (unpaired) electrons. The Bertz CT molecular complexity index is 742. The molecule has 0 fully saturated rings. The van der Waals surface area contributed by atoms with Crippen LogP contribution in [-0.4, -0.2) is 35.6 Å². The van der Waals surface area contributed by atoms with E-state index in [-0.39, 0.29) is 17.9 Å². The molecule has 6 nitrogen and oxygen atoms in total. The standard InChI is InChI=1S/C18H25N3O3S2/c1-6-9-25-17-21-20-16(26-17)19-15(22)11-24-14-8-7-12(23-5)10-13(14)18(2,3)4/h7-8,10H,6,9,11H2,1-5H3,(H,19,20,22). The third-order valence-corrected chi connectivity index (χ3v) is 5.61. The number of hydrogen-bond acceptors (Lipinski definition) is 7. The zero-order valence-corrected chi connectivity index (χ0v) is 17.4. The number of carbonyl (C=O) groups excluding carboxylic acids is 1. The largest absolute Gasteiger partial charge is 0.497 e. The van der Waals surface area contributed by atoms with E-state index in [0.29, 0.717) is 10.9 Å². The van der Waals surface area contributed by atoms with Crippen molar-refractivity contribution in [3.63, 3.8) is 0 Å². The Morgan fingerprint density at radius 2 is 2.08 bits per heavy atom. The molecule has 8 heteroatoms. The van der Waals surface area contributed by atoms with E-state index in [9.17, 15) is 4.79 Å². The monoisotopic (exact) mass is 395 g/mol. The number of anilines is 1. The summed E-state index contributed by atoms with van der Waals surface area (Å²) in [5, 5.41) is 11.3. The minimum atomic E-state index is -0.260. The van der Waals surface area contributed by atoms with Crippen LogP contribution < -0.4 is 14.8 Å².